The van der Waals surface area contributed by atoms with Crippen LogP contribution < -0.4 is 10.2 Å². The van der Waals surface area contributed by atoms with Crippen LogP contribution in [0, 0.1) is 5.92 Å². The number of carbonyl (C=O) groups excluding carboxylic acids is 1. The minimum Gasteiger partial charge on any atom is -0.369 e. The number of anilines is 1. The molecule has 0 saturated carbocycles. The molecule has 1 aromatic carbocycles. The number of rotatable bonds is 6. The van der Waals surface area contributed by atoms with Crippen LogP contribution in [0.5, 0.6) is 0 Å². The van der Waals surface area contributed by atoms with Gasteiger partial charge in [-0.05, 0) is 23.8 Å². The molecular weight excluding hydrogens is 324 g/mol. The average molecular weight is 352 g/mol. The maximum absolute atomic E-state index is 12.0. The molecule has 26 heavy (non-hydrogen) atoms. The quantitative estimate of drug-likeness (QED) is 0.868. The van der Waals surface area contributed by atoms with Crippen molar-refractivity contribution in [1.82, 2.24) is 15.2 Å². The molecule has 0 radical (unpaired) electrons. The molecule has 1 aromatic heterocycles. The zero-order valence-electron chi connectivity index (χ0n) is 15.6. The van der Waals surface area contributed by atoms with Crippen LogP contribution in [0.4, 0.5) is 5.69 Å². The Morgan fingerprint density at radius 2 is 1.81 bits per heavy atom. The van der Waals surface area contributed by atoms with Crippen molar-refractivity contribution in [3.8, 4) is 0 Å². The monoisotopic (exact) mass is 352 g/mol. The Balaban J connectivity index is 1.67. The molecule has 5 nitrogen and oxygen atoms in total. The van der Waals surface area contributed by atoms with Crippen LogP contribution in [0.3, 0.4) is 0 Å². The Morgan fingerprint density at radius 3 is 2.42 bits per heavy atom. The number of nitrogens with zero attached hydrogens (tertiary/aromatic N) is 3. The second-order valence-corrected chi connectivity index (χ2v) is 7.06. The molecule has 2 heterocycles. The summed E-state index contributed by atoms with van der Waals surface area (Å²) in [6.45, 7) is 8.37. The van der Waals surface area contributed by atoms with Gasteiger partial charge in [0.2, 0.25) is 5.91 Å². The minimum absolute atomic E-state index is 0.000485. The largest absolute Gasteiger partial charge is 0.369 e. The summed E-state index contributed by atoms with van der Waals surface area (Å²) >= 11 is 0. The van der Waals surface area contributed by atoms with Crippen LogP contribution >= 0.6 is 0 Å². The number of amides is 1. The lowest BCUT2D eigenvalue weighted by Crippen LogP contribution is -2.50. The van der Waals surface area contributed by atoms with E-state index in [-0.39, 0.29) is 17.9 Å². The van der Waals surface area contributed by atoms with Crippen LogP contribution in [0.1, 0.15) is 25.5 Å². The first-order valence-corrected chi connectivity index (χ1v) is 9.37. The summed E-state index contributed by atoms with van der Waals surface area (Å²) in [7, 11) is 0. The molecule has 0 spiro atoms. The molecule has 1 amide bonds. The molecule has 0 aliphatic carbocycles. The van der Waals surface area contributed by atoms with E-state index in [1.165, 1.54) is 5.69 Å². The lowest BCUT2D eigenvalue weighted by atomic mass is 10.1. The number of aromatic nitrogens is 1. The van der Waals surface area contributed by atoms with Gasteiger partial charge in [0.25, 0.3) is 0 Å². The second kappa shape index (κ2) is 8.81. The van der Waals surface area contributed by atoms with Crippen molar-refractivity contribution in [2.75, 3.05) is 37.6 Å². The van der Waals surface area contributed by atoms with Crippen LogP contribution in [0.15, 0.2) is 54.9 Å². The Hall–Kier alpha value is -2.40. The molecule has 1 saturated heterocycles. The van der Waals surface area contributed by atoms with Gasteiger partial charge in [0.15, 0.2) is 0 Å². The number of piperazine rings is 1. The summed E-state index contributed by atoms with van der Waals surface area (Å²) in [5.74, 6) is 0.0984. The highest BCUT2D eigenvalue weighted by molar-refractivity contribution is 5.77. The van der Waals surface area contributed by atoms with Crippen LogP contribution in [-0.4, -0.2) is 48.5 Å². The van der Waals surface area contributed by atoms with E-state index < -0.39 is 0 Å². The first kappa shape index (κ1) is 18.4. The first-order chi connectivity index (χ1) is 12.6. The fourth-order valence-corrected chi connectivity index (χ4v) is 3.36. The minimum atomic E-state index is -0.000485. The molecule has 1 atom stereocenters. The van der Waals surface area contributed by atoms with Crippen molar-refractivity contribution in [2.45, 2.75) is 19.9 Å². The highest BCUT2D eigenvalue weighted by Gasteiger charge is 2.26. The van der Waals surface area contributed by atoms with Crippen molar-refractivity contribution in [3.05, 3.63) is 60.4 Å². The van der Waals surface area contributed by atoms with E-state index in [1.54, 1.807) is 6.20 Å². The molecule has 1 fully saturated rings. The van der Waals surface area contributed by atoms with Crippen LogP contribution in [0.2, 0.25) is 0 Å². The maximum Gasteiger partial charge on any atom is 0.222 e. The van der Waals surface area contributed by atoms with Crippen LogP contribution in [-0.2, 0) is 4.79 Å². The van der Waals surface area contributed by atoms with E-state index in [1.807, 2.05) is 26.1 Å². The van der Waals surface area contributed by atoms with Crippen molar-refractivity contribution in [1.29, 1.82) is 0 Å². The fourth-order valence-electron chi connectivity index (χ4n) is 3.36. The third-order valence-corrected chi connectivity index (χ3v) is 4.94. The Labute approximate surface area is 156 Å². The molecule has 1 unspecified atom stereocenters. The summed E-state index contributed by atoms with van der Waals surface area (Å²) < 4.78 is 0. The average Bonchev–Trinajstić information content (AvgIpc) is 2.70. The molecular formula is C21H28N4O. The fraction of sp³-hybridized carbons (Fsp3) is 0.429. The van der Waals surface area contributed by atoms with E-state index in [4.69, 9.17) is 0 Å². The number of nitrogens with one attached hydrogen (secondary N) is 1. The van der Waals surface area contributed by atoms with Gasteiger partial charge in [0.1, 0.15) is 0 Å². The van der Waals surface area contributed by atoms with Gasteiger partial charge in [-0.3, -0.25) is 14.7 Å². The third kappa shape index (κ3) is 4.61. The second-order valence-electron chi connectivity index (χ2n) is 7.06. The van der Waals surface area contributed by atoms with Gasteiger partial charge in [-0.25, -0.2) is 0 Å². The summed E-state index contributed by atoms with van der Waals surface area (Å²) in [6.07, 6.45) is 3.70. The molecule has 1 N–H and O–H groups in total. The molecule has 2 aromatic rings. The molecule has 1 aliphatic rings. The van der Waals surface area contributed by atoms with Gasteiger partial charge >= 0.3 is 0 Å². The van der Waals surface area contributed by atoms with Crippen LogP contribution in [0.25, 0.3) is 0 Å². The van der Waals surface area contributed by atoms with Gasteiger partial charge in [-0.1, -0.05) is 38.1 Å². The summed E-state index contributed by atoms with van der Waals surface area (Å²) in [5.41, 5.74) is 2.43. The van der Waals surface area contributed by atoms with Gasteiger partial charge in [-0.2, -0.15) is 0 Å². The lowest BCUT2D eigenvalue weighted by Gasteiger charge is -2.40. The lowest BCUT2D eigenvalue weighted by molar-refractivity contribution is -0.124. The maximum atomic E-state index is 12.0. The number of hydrogen-bond acceptors (Lipinski definition) is 4. The van der Waals surface area contributed by atoms with Crippen molar-refractivity contribution in [2.24, 2.45) is 5.92 Å². The molecule has 0 bridgehead atoms. The summed E-state index contributed by atoms with van der Waals surface area (Å²) in [5, 5.41) is 3.10. The van der Waals surface area contributed by atoms with E-state index in [0.29, 0.717) is 6.54 Å². The summed E-state index contributed by atoms with van der Waals surface area (Å²) in [4.78, 5) is 21.2. The highest BCUT2D eigenvalue weighted by atomic mass is 16.1. The highest BCUT2D eigenvalue weighted by Crippen LogP contribution is 2.23. The first-order valence-electron chi connectivity index (χ1n) is 9.37. The standard InChI is InChI=1S/C21H28N4O/c1-17(2)21(26)23-16-20(18-7-6-10-22-15-18)25-13-11-24(12-14-25)19-8-4-3-5-9-19/h3-10,15,17,20H,11-14,16H2,1-2H3,(H,23,26). The van der Waals surface area contributed by atoms with Crippen molar-refractivity contribution < 1.29 is 4.79 Å². The Bertz CT molecular complexity index is 682. The van der Waals surface area contributed by atoms with Gasteiger partial charge in [0.05, 0.1) is 6.04 Å². The molecule has 1 aliphatic heterocycles. The van der Waals surface area contributed by atoms with Crippen molar-refractivity contribution >= 4 is 11.6 Å². The smallest absolute Gasteiger partial charge is 0.222 e. The third-order valence-electron chi connectivity index (χ3n) is 4.94. The van der Waals surface area contributed by atoms with E-state index in [0.717, 1.165) is 31.7 Å². The van der Waals surface area contributed by atoms with Crippen molar-refractivity contribution in [3.63, 3.8) is 0 Å². The topological polar surface area (TPSA) is 48.5 Å². The molecule has 138 valence electrons. The van der Waals surface area contributed by atoms with Gasteiger partial charge in [0, 0.05) is 56.7 Å². The molecule has 3 rings (SSSR count). The van der Waals surface area contributed by atoms with E-state index >= 15 is 0 Å². The van der Waals surface area contributed by atoms with Gasteiger partial charge in [-0.15, -0.1) is 0 Å². The Kier molecular flexibility index (Phi) is 6.23. The van der Waals surface area contributed by atoms with Gasteiger partial charge < -0.3 is 10.2 Å². The number of benzene rings is 1. The number of carbonyl (C=O) groups is 1. The summed E-state index contributed by atoms with van der Waals surface area (Å²) in [6, 6.07) is 14.8. The zero-order chi connectivity index (χ0) is 18.4. The number of para-hydroxylation sites is 1. The normalized spacial score (nSPS) is 16.5. The number of hydrogen-bond donors (Lipinski definition) is 1. The van der Waals surface area contributed by atoms with E-state index in [2.05, 4.69) is 56.5 Å². The van der Waals surface area contributed by atoms with E-state index in [9.17, 15) is 4.79 Å². The zero-order valence-corrected chi connectivity index (χ0v) is 15.6. The predicted molar refractivity (Wildman–Crippen MR) is 105 cm³/mol. The molecule has 5 heteroatoms. The predicted octanol–water partition coefficient (Wildman–Crippen LogP) is 2.72. The number of pyridine rings is 1. The SMILES string of the molecule is CC(C)C(=O)NCC(c1cccnc1)N1CCN(c2ccccc2)CC1. The Morgan fingerprint density at radius 1 is 1.08 bits per heavy atom.